The van der Waals surface area contributed by atoms with Crippen LogP contribution in [0.25, 0.3) is 0 Å². The number of benzene rings is 1. The van der Waals surface area contributed by atoms with Gasteiger partial charge in [-0.1, -0.05) is 0 Å². The molecular formula is C11H12F2N2O2. The molecule has 1 aliphatic heterocycles. The Hall–Kier alpha value is -1.69. The average molecular weight is 242 g/mol. The third-order valence-electron chi connectivity index (χ3n) is 2.70. The normalized spacial score (nSPS) is 16.0. The summed E-state index contributed by atoms with van der Waals surface area (Å²) in [6, 6.07) is 1.93. The first-order valence-electron chi connectivity index (χ1n) is 5.28. The molecule has 17 heavy (non-hydrogen) atoms. The summed E-state index contributed by atoms with van der Waals surface area (Å²) in [5, 5.41) is 12.5. The van der Waals surface area contributed by atoms with E-state index in [9.17, 15) is 18.7 Å². The second-order valence-electron chi connectivity index (χ2n) is 3.80. The van der Waals surface area contributed by atoms with E-state index in [4.69, 9.17) is 0 Å². The second-order valence-corrected chi connectivity index (χ2v) is 3.80. The largest absolute Gasteiger partial charge is 0.504 e. The number of rotatable bonds is 1. The number of hydrogen-bond acceptors (Lipinski definition) is 3. The van der Waals surface area contributed by atoms with E-state index in [1.807, 2.05) is 0 Å². The van der Waals surface area contributed by atoms with Crippen LogP contribution in [0.2, 0.25) is 0 Å². The van der Waals surface area contributed by atoms with Crippen molar-refractivity contribution in [2.45, 2.75) is 0 Å². The predicted molar refractivity (Wildman–Crippen MR) is 56.8 cm³/mol. The van der Waals surface area contributed by atoms with Gasteiger partial charge in [0.15, 0.2) is 11.6 Å². The lowest BCUT2D eigenvalue weighted by Crippen LogP contribution is -2.46. The number of phenols is 1. The first-order chi connectivity index (χ1) is 8.11. The van der Waals surface area contributed by atoms with Crippen LogP contribution >= 0.6 is 0 Å². The molecule has 0 spiro atoms. The number of piperazine rings is 1. The lowest BCUT2D eigenvalue weighted by atomic mass is 10.1. The molecule has 0 unspecified atom stereocenters. The smallest absolute Gasteiger partial charge is 0.257 e. The van der Waals surface area contributed by atoms with Crippen molar-refractivity contribution in [2.75, 3.05) is 26.2 Å². The summed E-state index contributed by atoms with van der Waals surface area (Å²) in [6.45, 7) is 2.26. The fourth-order valence-corrected chi connectivity index (χ4v) is 1.75. The molecule has 1 fully saturated rings. The van der Waals surface area contributed by atoms with Gasteiger partial charge in [-0.3, -0.25) is 4.79 Å². The van der Waals surface area contributed by atoms with Gasteiger partial charge in [-0.25, -0.2) is 4.39 Å². The maximum atomic E-state index is 13.1. The van der Waals surface area contributed by atoms with Gasteiger partial charge in [0.05, 0.1) is 5.56 Å². The topological polar surface area (TPSA) is 52.6 Å². The Labute approximate surface area is 96.8 Å². The average Bonchev–Trinajstić information content (AvgIpc) is 2.36. The highest BCUT2D eigenvalue weighted by molar-refractivity contribution is 5.97. The molecule has 0 radical (unpaired) electrons. The zero-order valence-corrected chi connectivity index (χ0v) is 9.04. The van der Waals surface area contributed by atoms with Crippen LogP contribution in [-0.4, -0.2) is 42.1 Å². The molecule has 92 valence electrons. The number of nitrogens with one attached hydrogen (secondary N) is 1. The van der Waals surface area contributed by atoms with Crippen molar-refractivity contribution in [3.05, 3.63) is 29.3 Å². The lowest BCUT2D eigenvalue weighted by Gasteiger charge is -2.27. The molecule has 0 saturated carbocycles. The summed E-state index contributed by atoms with van der Waals surface area (Å²) >= 11 is 0. The number of nitrogens with zero attached hydrogens (tertiary/aromatic N) is 1. The first-order valence-corrected chi connectivity index (χ1v) is 5.28. The molecule has 2 N–H and O–H groups in total. The van der Waals surface area contributed by atoms with E-state index in [0.29, 0.717) is 26.2 Å². The maximum Gasteiger partial charge on any atom is 0.257 e. The number of carbonyl (C=O) groups is 1. The number of hydrogen-bond donors (Lipinski definition) is 2. The summed E-state index contributed by atoms with van der Waals surface area (Å²) in [6.07, 6.45) is 0. The summed E-state index contributed by atoms with van der Waals surface area (Å²) in [5.74, 6) is -3.96. The van der Waals surface area contributed by atoms with E-state index in [2.05, 4.69) is 5.32 Å². The van der Waals surface area contributed by atoms with Crippen LogP contribution in [0.15, 0.2) is 12.1 Å². The third kappa shape index (κ3) is 2.21. The van der Waals surface area contributed by atoms with Gasteiger partial charge in [0.2, 0.25) is 5.82 Å². The van der Waals surface area contributed by atoms with Crippen molar-refractivity contribution >= 4 is 5.91 Å². The summed E-state index contributed by atoms with van der Waals surface area (Å²) in [5.41, 5.74) is -0.203. The molecule has 0 atom stereocenters. The van der Waals surface area contributed by atoms with Crippen LogP contribution in [-0.2, 0) is 0 Å². The molecule has 1 amide bonds. The number of amides is 1. The van der Waals surface area contributed by atoms with Gasteiger partial charge < -0.3 is 15.3 Å². The van der Waals surface area contributed by atoms with Crippen molar-refractivity contribution in [2.24, 2.45) is 0 Å². The molecule has 4 nitrogen and oxygen atoms in total. The number of carbonyl (C=O) groups excluding carboxylic acids is 1. The van der Waals surface area contributed by atoms with E-state index in [1.54, 1.807) is 0 Å². The Balaban J connectivity index is 2.27. The molecule has 1 aromatic rings. The lowest BCUT2D eigenvalue weighted by molar-refractivity contribution is 0.0731. The summed E-state index contributed by atoms with van der Waals surface area (Å²) in [4.78, 5) is 13.4. The van der Waals surface area contributed by atoms with Gasteiger partial charge in [-0.2, -0.15) is 4.39 Å². The molecule has 0 aliphatic carbocycles. The number of aromatic hydroxyl groups is 1. The summed E-state index contributed by atoms with van der Waals surface area (Å²) < 4.78 is 25.9. The first kappa shape index (κ1) is 11.8. The Kier molecular flexibility index (Phi) is 3.23. The maximum absolute atomic E-state index is 13.1. The Morgan fingerprint density at radius 3 is 2.59 bits per heavy atom. The molecule has 1 aliphatic rings. The summed E-state index contributed by atoms with van der Waals surface area (Å²) in [7, 11) is 0. The second kappa shape index (κ2) is 4.67. The minimum Gasteiger partial charge on any atom is -0.504 e. The van der Waals surface area contributed by atoms with Gasteiger partial charge in [-0.05, 0) is 12.1 Å². The zero-order chi connectivity index (χ0) is 12.4. The minimum atomic E-state index is -1.38. The van der Waals surface area contributed by atoms with Crippen molar-refractivity contribution in [3.63, 3.8) is 0 Å². The van der Waals surface area contributed by atoms with E-state index >= 15 is 0 Å². The van der Waals surface area contributed by atoms with Gasteiger partial charge in [0.25, 0.3) is 5.91 Å². The fraction of sp³-hybridized carbons (Fsp3) is 0.364. The van der Waals surface area contributed by atoms with Gasteiger partial charge in [0.1, 0.15) is 0 Å². The van der Waals surface area contributed by atoms with Gasteiger partial charge in [0, 0.05) is 26.2 Å². The molecule has 1 heterocycles. The minimum absolute atomic E-state index is 0.203. The van der Waals surface area contributed by atoms with Crippen molar-refractivity contribution in [3.8, 4) is 5.75 Å². The van der Waals surface area contributed by atoms with Crippen LogP contribution < -0.4 is 5.32 Å². The zero-order valence-electron chi connectivity index (χ0n) is 9.04. The third-order valence-corrected chi connectivity index (χ3v) is 2.70. The van der Waals surface area contributed by atoms with E-state index in [-0.39, 0.29) is 5.56 Å². The monoisotopic (exact) mass is 242 g/mol. The van der Waals surface area contributed by atoms with Crippen LogP contribution in [0.3, 0.4) is 0 Å². The molecule has 0 aromatic heterocycles. The SMILES string of the molecule is O=C(c1ccc(F)c(F)c1O)N1CCNCC1. The highest BCUT2D eigenvalue weighted by Crippen LogP contribution is 2.24. The highest BCUT2D eigenvalue weighted by Gasteiger charge is 2.23. The van der Waals surface area contributed by atoms with E-state index < -0.39 is 23.3 Å². The fourth-order valence-electron chi connectivity index (χ4n) is 1.75. The molecule has 1 aromatic carbocycles. The van der Waals surface area contributed by atoms with E-state index in [0.717, 1.165) is 12.1 Å². The predicted octanol–water partition coefficient (Wildman–Crippen LogP) is 0.716. The number of halogens is 2. The molecule has 0 bridgehead atoms. The highest BCUT2D eigenvalue weighted by atomic mass is 19.2. The van der Waals surface area contributed by atoms with Gasteiger partial charge >= 0.3 is 0 Å². The molecule has 1 saturated heterocycles. The standard InChI is InChI=1S/C11H12F2N2O2/c12-8-2-1-7(10(16)9(8)13)11(17)15-5-3-14-4-6-15/h1-2,14,16H,3-6H2. The Morgan fingerprint density at radius 2 is 1.94 bits per heavy atom. The Bertz CT molecular complexity index is 445. The molecule has 2 rings (SSSR count). The molecular weight excluding hydrogens is 230 g/mol. The van der Waals surface area contributed by atoms with Crippen molar-refractivity contribution in [1.29, 1.82) is 0 Å². The van der Waals surface area contributed by atoms with Crippen molar-refractivity contribution < 1.29 is 18.7 Å². The quantitative estimate of drug-likeness (QED) is 0.762. The van der Waals surface area contributed by atoms with Crippen LogP contribution in [0, 0.1) is 11.6 Å². The van der Waals surface area contributed by atoms with Crippen LogP contribution in [0.4, 0.5) is 8.78 Å². The van der Waals surface area contributed by atoms with E-state index in [1.165, 1.54) is 4.90 Å². The van der Waals surface area contributed by atoms with Gasteiger partial charge in [-0.15, -0.1) is 0 Å². The molecule has 6 heteroatoms. The Morgan fingerprint density at radius 1 is 1.29 bits per heavy atom. The van der Waals surface area contributed by atoms with Crippen LogP contribution in [0.1, 0.15) is 10.4 Å². The van der Waals surface area contributed by atoms with Crippen molar-refractivity contribution in [1.82, 2.24) is 10.2 Å². The number of phenolic OH excluding ortho intramolecular Hbond substituents is 1. The van der Waals surface area contributed by atoms with Crippen LogP contribution in [0.5, 0.6) is 5.75 Å².